The van der Waals surface area contributed by atoms with Crippen LogP contribution < -0.4 is 10.4 Å². The standard InChI is InChI=1S/C17H14FN3S/c1-12-2-6-14(7-3-12)16-11-22-17(20-16)21-19-10-13-4-8-15(18)9-5-13/h2-11H,1H3,(H,20,21)/p+1. The monoisotopic (exact) mass is 312 g/mol. The zero-order valence-electron chi connectivity index (χ0n) is 12.0. The molecule has 0 bridgehead atoms. The van der Waals surface area contributed by atoms with Crippen LogP contribution in [0.25, 0.3) is 11.3 Å². The van der Waals surface area contributed by atoms with Crippen molar-refractivity contribution in [2.24, 2.45) is 5.10 Å². The molecule has 0 aliphatic rings. The van der Waals surface area contributed by atoms with Crippen LogP contribution in [0.15, 0.2) is 59.0 Å². The minimum Gasteiger partial charge on any atom is -0.229 e. The Morgan fingerprint density at radius 3 is 2.55 bits per heavy atom. The summed E-state index contributed by atoms with van der Waals surface area (Å²) in [7, 11) is 0. The molecule has 1 aromatic heterocycles. The van der Waals surface area contributed by atoms with Gasteiger partial charge in [0.05, 0.1) is 6.21 Å². The maximum absolute atomic E-state index is 12.8. The lowest BCUT2D eigenvalue weighted by atomic mass is 10.1. The number of hydrazone groups is 1. The Bertz CT molecular complexity index is 776. The predicted molar refractivity (Wildman–Crippen MR) is 88.7 cm³/mol. The topological polar surface area (TPSA) is 38.5 Å². The van der Waals surface area contributed by atoms with E-state index in [4.69, 9.17) is 0 Å². The fourth-order valence-electron chi connectivity index (χ4n) is 1.94. The van der Waals surface area contributed by atoms with Crippen molar-refractivity contribution in [1.82, 2.24) is 0 Å². The maximum Gasteiger partial charge on any atom is 0.357 e. The zero-order valence-corrected chi connectivity index (χ0v) is 12.8. The summed E-state index contributed by atoms with van der Waals surface area (Å²) in [5.74, 6) is -0.251. The van der Waals surface area contributed by atoms with E-state index in [0.29, 0.717) is 0 Å². The van der Waals surface area contributed by atoms with Gasteiger partial charge >= 0.3 is 5.13 Å². The summed E-state index contributed by atoms with van der Waals surface area (Å²) in [5.41, 5.74) is 7.20. The number of nitrogens with one attached hydrogen (secondary N) is 2. The van der Waals surface area contributed by atoms with E-state index in [1.807, 2.05) is 5.38 Å². The number of hydrogen-bond donors (Lipinski definition) is 1. The Hall–Kier alpha value is -2.53. The second kappa shape index (κ2) is 6.49. The number of halogens is 1. The van der Waals surface area contributed by atoms with Crippen molar-refractivity contribution in [2.45, 2.75) is 6.92 Å². The van der Waals surface area contributed by atoms with E-state index in [0.717, 1.165) is 22.0 Å². The molecule has 0 saturated carbocycles. The first-order valence-electron chi connectivity index (χ1n) is 6.83. The lowest BCUT2D eigenvalue weighted by molar-refractivity contribution is -0.341. The van der Waals surface area contributed by atoms with Gasteiger partial charge in [0.25, 0.3) is 0 Å². The van der Waals surface area contributed by atoms with Crippen LogP contribution in [0.2, 0.25) is 0 Å². The van der Waals surface area contributed by atoms with Crippen molar-refractivity contribution in [3.8, 4) is 11.3 Å². The van der Waals surface area contributed by atoms with E-state index in [-0.39, 0.29) is 5.82 Å². The first kappa shape index (κ1) is 14.4. The number of anilines is 1. The second-order valence-electron chi connectivity index (χ2n) is 4.89. The zero-order chi connectivity index (χ0) is 15.4. The molecule has 0 radical (unpaired) electrons. The third-order valence-electron chi connectivity index (χ3n) is 3.16. The van der Waals surface area contributed by atoms with Crippen molar-refractivity contribution < 1.29 is 9.37 Å². The minimum absolute atomic E-state index is 0.251. The van der Waals surface area contributed by atoms with Crippen LogP contribution >= 0.6 is 11.3 Å². The number of hydrogen-bond acceptors (Lipinski definition) is 3. The van der Waals surface area contributed by atoms with E-state index >= 15 is 0 Å². The van der Waals surface area contributed by atoms with Gasteiger partial charge in [0.15, 0.2) is 0 Å². The fraction of sp³-hybridized carbons (Fsp3) is 0.0588. The molecule has 110 valence electrons. The molecular formula is C17H15FN3S+. The summed E-state index contributed by atoms with van der Waals surface area (Å²) in [4.78, 5) is 3.28. The van der Waals surface area contributed by atoms with Crippen molar-refractivity contribution in [3.05, 3.63) is 70.9 Å². The lowest BCUT2D eigenvalue weighted by Gasteiger charge is -1.95. The van der Waals surface area contributed by atoms with Crippen molar-refractivity contribution in [3.63, 3.8) is 0 Å². The molecule has 0 fully saturated rings. The number of benzene rings is 2. The molecule has 0 atom stereocenters. The molecule has 0 aliphatic carbocycles. The largest absolute Gasteiger partial charge is 0.357 e. The van der Waals surface area contributed by atoms with E-state index in [2.05, 4.69) is 46.7 Å². The summed E-state index contributed by atoms with van der Waals surface area (Å²) in [5, 5.41) is 7.03. The number of aromatic nitrogens is 1. The SMILES string of the molecule is Cc1ccc(-c2csc(NN=Cc3ccc(F)cc3)[nH+]2)cc1. The van der Waals surface area contributed by atoms with Crippen LogP contribution in [-0.2, 0) is 0 Å². The molecule has 5 heteroatoms. The number of aryl methyl sites for hydroxylation is 1. The van der Waals surface area contributed by atoms with Gasteiger partial charge in [0.1, 0.15) is 11.5 Å². The summed E-state index contributed by atoms with van der Waals surface area (Å²) >= 11 is 1.55. The van der Waals surface area contributed by atoms with Gasteiger partial charge in [-0.2, -0.15) is 0 Å². The lowest BCUT2D eigenvalue weighted by Crippen LogP contribution is -2.07. The molecule has 3 nitrogen and oxygen atoms in total. The quantitative estimate of drug-likeness (QED) is 0.571. The maximum atomic E-state index is 12.8. The predicted octanol–water partition coefficient (Wildman–Crippen LogP) is 4.12. The van der Waals surface area contributed by atoms with Gasteiger partial charge in [-0.15, -0.1) is 5.43 Å². The average Bonchev–Trinajstić information content (AvgIpc) is 2.99. The Morgan fingerprint density at radius 2 is 1.82 bits per heavy atom. The number of nitrogens with zero attached hydrogens (tertiary/aromatic N) is 1. The normalized spacial score (nSPS) is 11.0. The summed E-state index contributed by atoms with van der Waals surface area (Å²) in [6.45, 7) is 2.07. The summed E-state index contributed by atoms with van der Waals surface area (Å²) in [6, 6.07) is 14.5. The number of aromatic amines is 1. The molecule has 2 aromatic carbocycles. The minimum atomic E-state index is -0.251. The van der Waals surface area contributed by atoms with Crippen LogP contribution in [0.3, 0.4) is 0 Å². The molecule has 0 spiro atoms. The highest BCUT2D eigenvalue weighted by molar-refractivity contribution is 7.13. The van der Waals surface area contributed by atoms with Crippen LogP contribution in [0.5, 0.6) is 0 Å². The van der Waals surface area contributed by atoms with Gasteiger partial charge in [-0.05, 0) is 24.6 Å². The molecule has 0 saturated heterocycles. The van der Waals surface area contributed by atoms with Crippen molar-refractivity contribution in [1.29, 1.82) is 0 Å². The van der Waals surface area contributed by atoms with Crippen LogP contribution in [-0.4, -0.2) is 6.21 Å². The Morgan fingerprint density at radius 1 is 1.09 bits per heavy atom. The van der Waals surface area contributed by atoms with E-state index in [9.17, 15) is 4.39 Å². The van der Waals surface area contributed by atoms with E-state index in [1.165, 1.54) is 17.7 Å². The van der Waals surface area contributed by atoms with Gasteiger partial charge in [0.2, 0.25) is 0 Å². The highest BCUT2D eigenvalue weighted by atomic mass is 32.1. The average molecular weight is 312 g/mol. The van der Waals surface area contributed by atoms with Crippen LogP contribution in [0.4, 0.5) is 9.52 Å². The molecule has 3 rings (SSSR count). The van der Waals surface area contributed by atoms with E-state index < -0.39 is 0 Å². The first-order valence-corrected chi connectivity index (χ1v) is 7.71. The molecule has 2 N–H and O–H groups in total. The fourth-order valence-corrected chi connectivity index (χ4v) is 2.65. The van der Waals surface area contributed by atoms with Gasteiger partial charge in [0, 0.05) is 10.9 Å². The molecule has 0 amide bonds. The highest BCUT2D eigenvalue weighted by Gasteiger charge is 2.08. The van der Waals surface area contributed by atoms with Gasteiger partial charge < -0.3 is 0 Å². The van der Waals surface area contributed by atoms with Crippen molar-refractivity contribution >= 4 is 22.7 Å². The third-order valence-corrected chi connectivity index (χ3v) is 3.94. The smallest absolute Gasteiger partial charge is 0.229 e. The highest BCUT2D eigenvalue weighted by Crippen LogP contribution is 2.20. The third kappa shape index (κ3) is 3.56. The molecule has 1 heterocycles. The molecule has 0 unspecified atom stereocenters. The molecule has 22 heavy (non-hydrogen) atoms. The Kier molecular flexibility index (Phi) is 4.25. The van der Waals surface area contributed by atoms with Gasteiger partial charge in [-0.25, -0.2) is 9.37 Å². The number of rotatable bonds is 4. The number of thiazole rings is 1. The summed E-state index contributed by atoms with van der Waals surface area (Å²) < 4.78 is 12.8. The van der Waals surface area contributed by atoms with Crippen LogP contribution in [0, 0.1) is 12.7 Å². The first-order chi connectivity index (χ1) is 10.7. The van der Waals surface area contributed by atoms with E-state index in [1.54, 1.807) is 29.7 Å². The van der Waals surface area contributed by atoms with Crippen molar-refractivity contribution in [2.75, 3.05) is 5.43 Å². The van der Waals surface area contributed by atoms with Gasteiger partial charge in [-0.3, -0.25) is 0 Å². The summed E-state index contributed by atoms with van der Waals surface area (Å²) in [6.07, 6.45) is 1.65. The van der Waals surface area contributed by atoms with Gasteiger partial charge in [-0.1, -0.05) is 58.4 Å². The Labute approximate surface area is 132 Å². The second-order valence-corrected chi connectivity index (χ2v) is 5.77. The molecular weight excluding hydrogens is 297 g/mol. The molecule has 0 aliphatic heterocycles. The van der Waals surface area contributed by atoms with Crippen LogP contribution in [0.1, 0.15) is 11.1 Å². The Balaban J connectivity index is 1.66. The molecule has 3 aromatic rings. The number of H-pyrrole nitrogens is 1.